The van der Waals surface area contributed by atoms with Gasteiger partial charge in [-0.3, -0.25) is 5.10 Å². The minimum atomic E-state index is -3.56. The second-order valence-electron chi connectivity index (χ2n) is 4.59. The van der Waals surface area contributed by atoms with Crippen LogP contribution in [-0.2, 0) is 21.3 Å². The fraction of sp³-hybridized carbons (Fsp3) is 0.769. The van der Waals surface area contributed by atoms with Gasteiger partial charge in [-0.2, -0.15) is 9.40 Å². The summed E-state index contributed by atoms with van der Waals surface area (Å²) in [5, 5.41) is 9.86. The van der Waals surface area contributed by atoms with Gasteiger partial charge in [0, 0.05) is 31.8 Å². The normalized spacial score (nSPS) is 12.2. The largest absolute Gasteiger partial charge is 0.380 e. The predicted molar refractivity (Wildman–Crippen MR) is 81.5 cm³/mol. The monoisotopic (exact) mass is 318 g/mol. The molecule has 0 radical (unpaired) electrons. The SMILES string of the molecule is CCCNCc1cn[nH]c1S(=O)(=O)N(CC)CCOCC. The molecular formula is C13H26N4O3S. The molecule has 0 aromatic carbocycles. The summed E-state index contributed by atoms with van der Waals surface area (Å²) in [5.41, 5.74) is 0.665. The molecule has 0 unspecified atom stereocenters. The fourth-order valence-electron chi connectivity index (χ4n) is 1.94. The number of likely N-dealkylation sites (N-methyl/N-ethyl adjacent to an activating group) is 1. The van der Waals surface area contributed by atoms with Crippen molar-refractivity contribution in [1.82, 2.24) is 19.8 Å². The average molecular weight is 318 g/mol. The number of sulfonamides is 1. The van der Waals surface area contributed by atoms with Crippen LogP contribution in [-0.4, -0.2) is 55.8 Å². The molecule has 0 bridgehead atoms. The van der Waals surface area contributed by atoms with E-state index in [1.807, 2.05) is 13.8 Å². The highest BCUT2D eigenvalue weighted by Gasteiger charge is 2.27. The maximum atomic E-state index is 12.6. The van der Waals surface area contributed by atoms with Crippen LogP contribution >= 0.6 is 0 Å². The number of aromatic amines is 1. The van der Waals surface area contributed by atoms with Crippen LogP contribution in [0.25, 0.3) is 0 Å². The van der Waals surface area contributed by atoms with Gasteiger partial charge in [0.1, 0.15) is 0 Å². The van der Waals surface area contributed by atoms with Crippen LogP contribution in [0.15, 0.2) is 11.2 Å². The van der Waals surface area contributed by atoms with Gasteiger partial charge in [-0.25, -0.2) is 8.42 Å². The summed E-state index contributed by atoms with van der Waals surface area (Å²) in [6, 6.07) is 0. The molecule has 122 valence electrons. The molecule has 0 aliphatic carbocycles. The fourth-order valence-corrected chi connectivity index (χ4v) is 3.47. The zero-order valence-corrected chi connectivity index (χ0v) is 13.9. The van der Waals surface area contributed by atoms with E-state index in [0.717, 1.165) is 13.0 Å². The molecule has 2 N–H and O–H groups in total. The van der Waals surface area contributed by atoms with Crippen LogP contribution in [0.5, 0.6) is 0 Å². The van der Waals surface area contributed by atoms with Crippen molar-refractivity contribution in [2.24, 2.45) is 0 Å². The van der Waals surface area contributed by atoms with Crippen molar-refractivity contribution in [3.63, 3.8) is 0 Å². The standard InChI is InChI=1S/C13H26N4O3S/c1-4-7-14-10-12-11-15-16-13(12)21(18,19)17(5-2)8-9-20-6-3/h11,14H,4-10H2,1-3H3,(H,15,16). The predicted octanol–water partition coefficient (Wildman–Crippen LogP) is 0.956. The summed E-state index contributed by atoms with van der Waals surface area (Å²) < 4.78 is 31.9. The van der Waals surface area contributed by atoms with Gasteiger partial charge in [0.15, 0.2) is 5.03 Å². The topological polar surface area (TPSA) is 87.3 Å². The van der Waals surface area contributed by atoms with Crippen molar-refractivity contribution in [2.75, 3.05) is 32.8 Å². The molecule has 0 atom stereocenters. The zero-order valence-electron chi connectivity index (χ0n) is 13.1. The van der Waals surface area contributed by atoms with Crippen LogP contribution in [0.4, 0.5) is 0 Å². The third kappa shape index (κ3) is 5.06. The molecule has 7 nitrogen and oxygen atoms in total. The number of hydrogen-bond donors (Lipinski definition) is 2. The van der Waals surface area contributed by atoms with Gasteiger partial charge in [0.2, 0.25) is 0 Å². The van der Waals surface area contributed by atoms with Crippen LogP contribution in [0, 0.1) is 0 Å². The lowest BCUT2D eigenvalue weighted by Crippen LogP contribution is -2.35. The highest BCUT2D eigenvalue weighted by molar-refractivity contribution is 7.89. The maximum Gasteiger partial charge on any atom is 0.260 e. The summed E-state index contributed by atoms with van der Waals surface area (Å²) in [5.74, 6) is 0. The van der Waals surface area contributed by atoms with Crippen molar-refractivity contribution in [2.45, 2.75) is 38.8 Å². The van der Waals surface area contributed by atoms with E-state index in [0.29, 0.717) is 38.4 Å². The second kappa shape index (κ2) is 9.14. The Kier molecular flexibility index (Phi) is 7.87. The molecule has 1 heterocycles. The molecule has 0 aliphatic rings. The highest BCUT2D eigenvalue weighted by atomic mass is 32.2. The van der Waals surface area contributed by atoms with E-state index in [1.54, 1.807) is 6.20 Å². The minimum absolute atomic E-state index is 0.171. The first-order valence-corrected chi connectivity index (χ1v) is 8.82. The Hall–Kier alpha value is -0.960. The van der Waals surface area contributed by atoms with Crippen molar-refractivity contribution in [1.29, 1.82) is 0 Å². The molecule has 8 heteroatoms. The molecule has 0 saturated heterocycles. The molecule has 0 amide bonds. The Labute approximate surface area is 127 Å². The van der Waals surface area contributed by atoms with Crippen LogP contribution in [0.2, 0.25) is 0 Å². The molecule has 1 rings (SSSR count). The number of aromatic nitrogens is 2. The van der Waals surface area contributed by atoms with Crippen molar-refractivity contribution >= 4 is 10.0 Å². The van der Waals surface area contributed by atoms with Gasteiger partial charge in [0.05, 0.1) is 12.8 Å². The van der Waals surface area contributed by atoms with Crippen molar-refractivity contribution < 1.29 is 13.2 Å². The Morgan fingerprint density at radius 2 is 2.14 bits per heavy atom. The van der Waals surface area contributed by atoms with Crippen LogP contribution in [0.3, 0.4) is 0 Å². The lowest BCUT2D eigenvalue weighted by Gasteiger charge is -2.20. The number of nitrogens with zero attached hydrogens (tertiary/aromatic N) is 2. The van der Waals surface area contributed by atoms with E-state index in [4.69, 9.17) is 4.74 Å². The molecular weight excluding hydrogens is 292 g/mol. The summed E-state index contributed by atoms with van der Waals surface area (Å²) in [6.45, 7) is 8.80. The third-order valence-corrected chi connectivity index (χ3v) is 5.05. The van der Waals surface area contributed by atoms with Gasteiger partial charge in [-0.05, 0) is 19.9 Å². The maximum absolute atomic E-state index is 12.6. The Morgan fingerprint density at radius 1 is 1.38 bits per heavy atom. The van der Waals surface area contributed by atoms with E-state index in [9.17, 15) is 8.42 Å². The van der Waals surface area contributed by atoms with E-state index >= 15 is 0 Å². The molecule has 1 aromatic heterocycles. The van der Waals surface area contributed by atoms with Crippen LogP contribution in [0.1, 0.15) is 32.8 Å². The summed E-state index contributed by atoms with van der Waals surface area (Å²) >= 11 is 0. The Bertz CT molecular complexity index is 501. The third-order valence-electron chi connectivity index (χ3n) is 3.06. The Balaban J connectivity index is 2.82. The number of rotatable bonds is 11. The quantitative estimate of drug-likeness (QED) is 0.593. The molecule has 0 fully saturated rings. The summed E-state index contributed by atoms with van der Waals surface area (Å²) in [7, 11) is -3.56. The van der Waals surface area contributed by atoms with Crippen molar-refractivity contribution in [3.8, 4) is 0 Å². The van der Waals surface area contributed by atoms with E-state index in [-0.39, 0.29) is 5.03 Å². The molecule has 1 aromatic rings. The summed E-state index contributed by atoms with van der Waals surface area (Å²) in [4.78, 5) is 0. The smallest absolute Gasteiger partial charge is 0.260 e. The molecule has 0 spiro atoms. The number of hydrogen-bond acceptors (Lipinski definition) is 5. The minimum Gasteiger partial charge on any atom is -0.380 e. The lowest BCUT2D eigenvalue weighted by atomic mass is 10.3. The van der Waals surface area contributed by atoms with E-state index < -0.39 is 10.0 Å². The first-order chi connectivity index (χ1) is 10.1. The molecule has 0 aliphatic heterocycles. The summed E-state index contributed by atoms with van der Waals surface area (Å²) in [6.07, 6.45) is 2.56. The van der Waals surface area contributed by atoms with Crippen molar-refractivity contribution in [3.05, 3.63) is 11.8 Å². The second-order valence-corrected chi connectivity index (χ2v) is 6.47. The molecule has 21 heavy (non-hydrogen) atoms. The van der Waals surface area contributed by atoms with Gasteiger partial charge >= 0.3 is 0 Å². The van der Waals surface area contributed by atoms with E-state index in [1.165, 1.54) is 4.31 Å². The lowest BCUT2D eigenvalue weighted by molar-refractivity contribution is 0.135. The number of ether oxygens (including phenoxy) is 1. The van der Waals surface area contributed by atoms with Crippen LogP contribution < -0.4 is 5.32 Å². The highest BCUT2D eigenvalue weighted by Crippen LogP contribution is 2.17. The van der Waals surface area contributed by atoms with E-state index in [2.05, 4.69) is 22.4 Å². The average Bonchev–Trinajstić information content (AvgIpc) is 2.93. The van der Waals surface area contributed by atoms with Gasteiger partial charge < -0.3 is 10.1 Å². The number of H-pyrrole nitrogens is 1. The zero-order chi connectivity index (χ0) is 15.7. The first-order valence-electron chi connectivity index (χ1n) is 7.38. The van der Waals surface area contributed by atoms with Gasteiger partial charge in [0.25, 0.3) is 10.0 Å². The molecule has 0 saturated carbocycles. The Morgan fingerprint density at radius 3 is 2.76 bits per heavy atom. The number of nitrogens with one attached hydrogen (secondary N) is 2. The van der Waals surface area contributed by atoms with Gasteiger partial charge in [-0.15, -0.1) is 0 Å². The van der Waals surface area contributed by atoms with Gasteiger partial charge in [-0.1, -0.05) is 13.8 Å². The first kappa shape index (κ1) is 18.1.